The second kappa shape index (κ2) is 6.41. The van der Waals surface area contributed by atoms with Gasteiger partial charge < -0.3 is 10.1 Å². The van der Waals surface area contributed by atoms with E-state index in [-0.39, 0.29) is 22.4 Å². The van der Waals surface area contributed by atoms with Crippen molar-refractivity contribution in [2.75, 3.05) is 25.1 Å². The summed E-state index contributed by atoms with van der Waals surface area (Å²) in [7, 11) is -3.90. The monoisotopic (exact) mass is 351 g/mol. The predicted molar refractivity (Wildman–Crippen MR) is 80.5 cm³/mol. The number of nitrogens with one attached hydrogen (secondary N) is 1. The zero-order valence-electron chi connectivity index (χ0n) is 11.1. The summed E-state index contributed by atoms with van der Waals surface area (Å²) in [5.74, 6) is -0.351. The molecule has 0 unspecified atom stereocenters. The molecule has 21 heavy (non-hydrogen) atoms. The van der Waals surface area contributed by atoms with Crippen LogP contribution in [0.5, 0.6) is 0 Å². The highest BCUT2D eigenvalue weighted by molar-refractivity contribution is 7.97. The van der Waals surface area contributed by atoms with Crippen LogP contribution in [-0.4, -0.2) is 38.5 Å². The van der Waals surface area contributed by atoms with Crippen molar-refractivity contribution in [1.29, 1.82) is 0 Å². The lowest BCUT2D eigenvalue weighted by Gasteiger charge is -2.28. The number of anilines is 1. The first-order chi connectivity index (χ1) is 9.81. The number of benzene rings is 1. The molecule has 0 aliphatic carbocycles. The molecule has 0 fully saturated rings. The third kappa shape index (κ3) is 4.01. The highest BCUT2D eigenvalue weighted by Gasteiger charge is 2.23. The Morgan fingerprint density at radius 2 is 2.29 bits per heavy atom. The van der Waals surface area contributed by atoms with Crippen molar-refractivity contribution >= 4 is 45.2 Å². The number of nitrogens with zero attached hydrogens (tertiary/aromatic N) is 1. The summed E-state index contributed by atoms with van der Waals surface area (Å²) in [4.78, 5) is 11.9. The average molecular weight is 352 g/mol. The van der Waals surface area contributed by atoms with Gasteiger partial charge in [-0.25, -0.2) is 17.9 Å². The molecular weight excluding hydrogens is 338 g/mol. The van der Waals surface area contributed by atoms with E-state index in [0.29, 0.717) is 23.9 Å². The lowest BCUT2D eigenvalue weighted by molar-refractivity contribution is -0.143. The molecule has 1 aromatic carbocycles. The van der Waals surface area contributed by atoms with Crippen LogP contribution in [-0.2, 0) is 19.6 Å². The smallest absolute Gasteiger partial charge is 0.321 e. The molecule has 1 aliphatic rings. The lowest BCUT2D eigenvalue weighted by atomic mass is 10.3. The Labute approximate surface area is 131 Å². The summed E-state index contributed by atoms with van der Waals surface area (Å²) < 4.78 is 29.5. The third-order valence-electron chi connectivity index (χ3n) is 2.62. The molecule has 1 aromatic rings. The predicted octanol–water partition coefficient (Wildman–Crippen LogP) is 1.24. The van der Waals surface area contributed by atoms with E-state index in [4.69, 9.17) is 21.5 Å². The van der Waals surface area contributed by atoms with Crippen molar-refractivity contribution in [3.05, 3.63) is 17.2 Å². The molecule has 10 heteroatoms. The molecule has 1 aliphatic heterocycles. The van der Waals surface area contributed by atoms with Crippen LogP contribution < -0.4 is 10.5 Å². The van der Waals surface area contributed by atoms with Crippen molar-refractivity contribution in [3.63, 3.8) is 0 Å². The zero-order valence-corrected chi connectivity index (χ0v) is 13.5. The number of carbonyl (C=O) groups excluding carboxylic acids is 1. The Bertz CT molecular complexity index is 666. The third-order valence-corrected chi connectivity index (χ3v) is 5.05. The van der Waals surface area contributed by atoms with Crippen molar-refractivity contribution in [2.45, 2.75) is 16.7 Å². The van der Waals surface area contributed by atoms with Gasteiger partial charge in [0.15, 0.2) is 0 Å². The molecule has 1 heterocycles. The second-order valence-electron chi connectivity index (χ2n) is 4.19. The zero-order chi connectivity index (χ0) is 15.6. The molecule has 0 atom stereocenters. The SMILES string of the molecule is CCOC(=O)CN1CNc2cc(Cl)c(S(N)(=O)=O)cc2S1. The fraction of sp³-hybridized carbons (Fsp3) is 0.364. The largest absolute Gasteiger partial charge is 0.465 e. The molecule has 0 aromatic heterocycles. The Balaban J connectivity index is 2.22. The number of fused-ring (bicyclic) bond motifs is 1. The number of hydrogen-bond acceptors (Lipinski definition) is 7. The number of primary sulfonamides is 1. The first kappa shape index (κ1) is 16.4. The summed E-state index contributed by atoms with van der Waals surface area (Å²) in [5.41, 5.74) is 0.692. The molecule has 0 saturated carbocycles. The van der Waals surface area contributed by atoms with Crippen LogP contribution in [0.15, 0.2) is 21.9 Å². The van der Waals surface area contributed by atoms with Crippen LogP contribution in [0.1, 0.15) is 6.92 Å². The van der Waals surface area contributed by atoms with Gasteiger partial charge in [0.2, 0.25) is 10.0 Å². The van der Waals surface area contributed by atoms with Gasteiger partial charge in [0.25, 0.3) is 0 Å². The fourth-order valence-corrected chi connectivity index (χ4v) is 3.90. The first-order valence-corrected chi connectivity index (χ1v) is 8.69. The highest BCUT2D eigenvalue weighted by Crippen LogP contribution is 2.38. The number of carbonyl (C=O) groups is 1. The number of halogens is 1. The van der Waals surface area contributed by atoms with Crippen molar-refractivity contribution in [3.8, 4) is 0 Å². The van der Waals surface area contributed by atoms with E-state index >= 15 is 0 Å². The molecule has 116 valence electrons. The van der Waals surface area contributed by atoms with Gasteiger partial charge in [0.1, 0.15) is 11.4 Å². The number of esters is 1. The maximum Gasteiger partial charge on any atom is 0.321 e. The minimum absolute atomic E-state index is 0.0585. The Hall–Kier alpha value is -1.00. The summed E-state index contributed by atoms with van der Waals surface area (Å²) in [6.07, 6.45) is 0. The molecule has 0 amide bonds. The van der Waals surface area contributed by atoms with Gasteiger partial charge in [-0.1, -0.05) is 11.6 Å². The first-order valence-electron chi connectivity index (χ1n) is 6.00. The topological polar surface area (TPSA) is 102 Å². The van der Waals surface area contributed by atoms with E-state index in [1.807, 2.05) is 0 Å². The highest BCUT2D eigenvalue weighted by atomic mass is 35.5. The Kier molecular flexibility index (Phi) is 4.99. The number of nitrogens with two attached hydrogens (primary N) is 1. The molecule has 3 N–H and O–H groups in total. The van der Waals surface area contributed by atoms with Crippen LogP contribution in [0, 0.1) is 0 Å². The normalized spacial score (nSPS) is 15.2. The van der Waals surface area contributed by atoms with E-state index in [9.17, 15) is 13.2 Å². The van der Waals surface area contributed by atoms with Crippen LogP contribution >= 0.6 is 23.5 Å². The molecular formula is C11H14ClN3O4S2. The number of sulfonamides is 1. The van der Waals surface area contributed by atoms with Gasteiger partial charge in [0, 0.05) is 4.90 Å². The van der Waals surface area contributed by atoms with Gasteiger partial charge in [-0.2, -0.15) is 0 Å². The van der Waals surface area contributed by atoms with E-state index in [1.54, 1.807) is 11.2 Å². The molecule has 0 spiro atoms. The maximum absolute atomic E-state index is 11.5. The van der Waals surface area contributed by atoms with Gasteiger partial charge in [0.05, 0.1) is 24.0 Å². The van der Waals surface area contributed by atoms with Crippen LogP contribution in [0.25, 0.3) is 0 Å². The number of rotatable bonds is 4. The van der Waals surface area contributed by atoms with Crippen LogP contribution in [0.2, 0.25) is 5.02 Å². The van der Waals surface area contributed by atoms with E-state index < -0.39 is 10.0 Å². The molecule has 0 saturated heterocycles. The number of hydrogen-bond donors (Lipinski definition) is 2. The summed E-state index contributed by atoms with van der Waals surface area (Å²) in [5, 5.41) is 8.23. The van der Waals surface area contributed by atoms with Gasteiger partial charge in [-0.3, -0.25) is 4.79 Å². The van der Waals surface area contributed by atoms with Crippen molar-refractivity contribution in [1.82, 2.24) is 4.31 Å². The maximum atomic E-state index is 11.5. The second-order valence-corrected chi connectivity index (χ2v) is 7.27. The lowest BCUT2D eigenvalue weighted by Crippen LogP contribution is -2.32. The summed E-state index contributed by atoms with van der Waals surface area (Å²) in [6, 6.07) is 2.90. The van der Waals surface area contributed by atoms with Gasteiger partial charge in [-0.15, -0.1) is 0 Å². The van der Waals surface area contributed by atoms with Crippen LogP contribution in [0.3, 0.4) is 0 Å². The Morgan fingerprint density at radius 3 is 2.90 bits per heavy atom. The van der Waals surface area contributed by atoms with Crippen molar-refractivity contribution in [2.24, 2.45) is 5.14 Å². The minimum Gasteiger partial charge on any atom is -0.465 e. The van der Waals surface area contributed by atoms with Gasteiger partial charge in [-0.05, 0) is 31.0 Å². The van der Waals surface area contributed by atoms with E-state index in [1.165, 1.54) is 24.1 Å². The molecule has 0 radical (unpaired) electrons. The molecule has 0 bridgehead atoms. The molecule has 2 rings (SSSR count). The van der Waals surface area contributed by atoms with Gasteiger partial charge >= 0.3 is 5.97 Å². The molecule has 7 nitrogen and oxygen atoms in total. The standard InChI is InChI=1S/C11H14ClN3O4S2/c1-2-19-11(16)5-15-6-14-8-3-7(12)10(21(13,17)18)4-9(8)20-15/h3-4,14H,2,5-6H2,1H3,(H2,13,17,18). The number of ether oxygens (including phenoxy) is 1. The van der Waals surface area contributed by atoms with Crippen molar-refractivity contribution < 1.29 is 17.9 Å². The van der Waals surface area contributed by atoms with E-state index in [2.05, 4.69) is 5.32 Å². The minimum atomic E-state index is -3.90. The van der Waals surface area contributed by atoms with Crippen LogP contribution in [0.4, 0.5) is 5.69 Å². The quantitative estimate of drug-likeness (QED) is 0.621. The van der Waals surface area contributed by atoms with E-state index in [0.717, 1.165) is 0 Å². The fourth-order valence-electron chi connectivity index (χ4n) is 1.75. The summed E-state index contributed by atoms with van der Waals surface area (Å²) in [6.45, 7) is 2.53. The summed E-state index contributed by atoms with van der Waals surface area (Å²) >= 11 is 7.15. The average Bonchev–Trinajstić information content (AvgIpc) is 2.37. The Morgan fingerprint density at radius 1 is 1.57 bits per heavy atom.